The molecule has 1 aromatic rings. The first-order valence-electron chi connectivity index (χ1n) is 5.18. The van der Waals surface area contributed by atoms with Crippen molar-refractivity contribution < 1.29 is 18.3 Å². The Bertz CT molecular complexity index is 480. The molecule has 0 aromatic carbocycles. The van der Waals surface area contributed by atoms with Crippen LogP contribution in [0.5, 0.6) is 0 Å². The predicted octanol–water partition coefficient (Wildman–Crippen LogP) is 1.34. The van der Waals surface area contributed by atoms with E-state index in [1.54, 1.807) is 6.92 Å². The van der Waals surface area contributed by atoms with Crippen LogP contribution in [0.3, 0.4) is 0 Å². The van der Waals surface area contributed by atoms with Crippen molar-refractivity contribution in [2.45, 2.75) is 17.2 Å². The molecule has 1 heterocycles. The Hall–Kier alpha value is -0.180. The zero-order valence-electron chi connectivity index (χ0n) is 10.4. The number of hydrogen-bond donors (Lipinski definition) is 1. The van der Waals surface area contributed by atoms with Crippen molar-refractivity contribution in [2.75, 3.05) is 27.3 Å². The van der Waals surface area contributed by atoms with Crippen LogP contribution < -0.4 is 0 Å². The Morgan fingerprint density at radius 2 is 2.22 bits per heavy atom. The van der Waals surface area contributed by atoms with Crippen LogP contribution in [0.4, 0.5) is 0 Å². The SMILES string of the molecule is COCC(O)CN(C)S(=O)(=O)c1cc(C)c(Cl)s1. The fourth-order valence-corrected chi connectivity index (χ4v) is 4.48. The highest BCUT2D eigenvalue weighted by molar-refractivity contribution is 7.91. The standard InChI is InChI=1S/C10H16ClNO4S2/c1-7-4-9(17-10(7)11)18(14,15)12(2)5-8(13)6-16-3/h4,8,13H,5-6H2,1-3H3. The number of ether oxygens (including phenoxy) is 1. The van der Waals surface area contributed by atoms with Crippen LogP contribution in [-0.4, -0.2) is 51.2 Å². The highest BCUT2D eigenvalue weighted by Gasteiger charge is 2.25. The molecule has 0 fully saturated rings. The van der Waals surface area contributed by atoms with E-state index in [2.05, 4.69) is 0 Å². The van der Waals surface area contributed by atoms with Gasteiger partial charge in [-0.05, 0) is 18.6 Å². The molecule has 1 unspecified atom stereocenters. The minimum absolute atomic E-state index is 0.0231. The maximum absolute atomic E-state index is 12.2. The average Bonchev–Trinajstić information content (AvgIpc) is 2.60. The number of thiophene rings is 1. The van der Waals surface area contributed by atoms with E-state index in [-0.39, 0.29) is 17.4 Å². The van der Waals surface area contributed by atoms with Gasteiger partial charge in [0.05, 0.1) is 17.0 Å². The molecule has 1 N–H and O–H groups in total. The Morgan fingerprint density at radius 1 is 1.61 bits per heavy atom. The first-order valence-corrected chi connectivity index (χ1v) is 7.81. The van der Waals surface area contributed by atoms with Crippen molar-refractivity contribution in [3.8, 4) is 0 Å². The molecule has 8 heteroatoms. The highest BCUT2D eigenvalue weighted by atomic mass is 35.5. The minimum atomic E-state index is -3.60. The van der Waals surface area contributed by atoms with Crippen LogP contribution in [0.1, 0.15) is 5.56 Å². The number of rotatable bonds is 6. The van der Waals surface area contributed by atoms with Crippen LogP contribution in [0.15, 0.2) is 10.3 Å². The van der Waals surface area contributed by atoms with Gasteiger partial charge in [-0.2, -0.15) is 4.31 Å². The molecular weight excluding hydrogens is 298 g/mol. The molecule has 1 rings (SSSR count). The lowest BCUT2D eigenvalue weighted by Gasteiger charge is -2.19. The predicted molar refractivity (Wildman–Crippen MR) is 71.8 cm³/mol. The molecule has 1 atom stereocenters. The summed E-state index contributed by atoms with van der Waals surface area (Å²) in [5.74, 6) is 0. The van der Waals surface area contributed by atoms with Crippen LogP contribution in [0.2, 0.25) is 4.34 Å². The van der Waals surface area contributed by atoms with Crippen molar-refractivity contribution >= 4 is 33.0 Å². The summed E-state index contributed by atoms with van der Waals surface area (Å²) in [6.45, 7) is 1.81. The van der Waals surface area contributed by atoms with Crippen molar-refractivity contribution in [2.24, 2.45) is 0 Å². The molecule has 0 spiro atoms. The second kappa shape index (κ2) is 6.31. The van der Waals surface area contributed by atoms with Gasteiger partial charge in [0.1, 0.15) is 4.21 Å². The lowest BCUT2D eigenvalue weighted by molar-refractivity contribution is 0.0554. The van der Waals surface area contributed by atoms with E-state index < -0.39 is 16.1 Å². The lowest BCUT2D eigenvalue weighted by Crippen LogP contribution is -2.35. The van der Waals surface area contributed by atoms with Gasteiger partial charge in [-0.25, -0.2) is 8.42 Å². The third-order valence-electron chi connectivity index (χ3n) is 2.33. The molecule has 0 amide bonds. The normalized spacial score (nSPS) is 14.1. The summed E-state index contributed by atoms with van der Waals surface area (Å²) in [4.78, 5) is 0. The van der Waals surface area contributed by atoms with Crippen LogP contribution in [0, 0.1) is 6.92 Å². The van der Waals surface area contributed by atoms with Crippen molar-refractivity contribution in [1.82, 2.24) is 4.31 Å². The number of hydrogen-bond acceptors (Lipinski definition) is 5. The Morgan fingerprint density at radius 3 is 2.67 bits per heavy atom. The van der Waals surface area contributed by atoms with E-state index in [0.29, 0.717) is 4.34 Å². The monoisotopic (exact) mass is 313 g/mol. The molecule has 0 aliphatic carbocycles. The topological polar surface area (TPSA) is 66.8 Å². The maximum Gasteiger partial charge on any atom is 0.252 e. The van der Waals surface area contributed by atoms with Gasteiger partial charge in [-0.15, -0.1) is 11.3 Å². The number of sulfonamides is 1. The molecule has 0 aliphatic rings. The van der Waals surface area contributed by atoms with Gasteiger partial charge in [-0.3, -0.25) is 0 Å². The average molecular weight is 314 g/mol. The van der Waals surface area contributed by atoms with Gasteiger partial charge in [0.25, 0.3) is 10.0 Å². The molecule has 0 saturated heterocycles. The number of methoxy groups -OCH3 is 1. The second-order valence-corrected chi connectivity index (χ2v) is 7.84. The third-order valence-corrected chi connectivity index (χ3v) is 6.15. The van der Waals surface area contributed by atoms with E-state index in [1.807, 2.05) is 0 Å². The Labute approximate surface area is 116 Å². The van der Waals surface area contributed by atoms with Gasteiger partial charge < -0.3 is 9.84 Å². The third kappa shape index (κ3) is 3.66. The van der Waals surface area contributed by atoms with Gasteiger partial charge in [0.2, 0.25) is 0 Å². The van der Waals surface area contributed by atoms with Crippen molar-refractivity contribution in [3.63, 3.8) is 0 Å². The van der Waals surface area contributed by atoms with E-state index in [0.717, 1.165) is 21.2 Å². The molecule has 18 heavy (non-hydrogen) atoms. The number of aliphatic hydroxyl groups is 1. The molecule has 1 aromatic heterocycles. The minimum Gasteiger partial charge on any atom is -0.389 e. The van der Waals surface area contributed by atoms with E-state index in [9.17, 15) is 13.5 Å². The van der Waals surface area contributed by atoms with Crippen LogP contribution in [-0.2, 0) is 14.8 Å². The summed E-state index contributed by atoms with van der Waals surface area (Å²) in [6.07, 6.45) is -0.855. The van der Waals surface area contributed by atoms with E-state index >= 15 is 0 Å². The first kappa shape index (κ1) is 15.9. The summed E-state index contributed by atoms with van der Waals surface area (Å²) >= 11 is 6.87. The largest absolute Gasteiger partial charge is 0.389 e. The number of nitrogens with zero attached hydrogens (tertiary/aromatic N) is 1. The van der Waals surface area contributed by atoms with E-state index in [4.69, 9.17) is 16.3 Å². The summed E-state index contributed by atoms with van der Waals surface area (Å²) in [5.41, 5.74) is 0.728. The zero-order chi connectivity index (χ0) is 13.9. The number of likely N-dealkylation sites (N-methyl/N-ethyl adjacent to an activating group) is 1. The maximum atomic E-state index is 12.2. The Balaban J connectivity index is 2.86. The first-order chi connectivity index (χ1) is 8.28. The lowest BCUT2D eigenvalue weighted by atomic mass is 10.4. The summed E-state index contributed by atoms with van der Waals surface area (Å²) < 4.78 is 30.8. The fraction of sp³-hybridized carbons (Fsp3) is 0.600. The molecule has 0 bridgehead atoms. The van der Waals surface area contributed by atoms with E-state index in [1.165, 1.54) is 20.2 Å². The molecular formula is C10H16ClNO4S2. The van der Waals surface area contributed by atoms with Gasteiger partial charge in [-0.1, -0.05) is 11.6 Å². The molecule has 5 nitrogen and oxygen atoms in total. The zero-order valence-corrected chi connectivity index (χ0v) is 12.8. The van der Waals surface area contributed by atoms with Crippen molar-refractivity contribution in [1.29, 1.82) is 0 Å². The molecule has 104 valence electrons. The van der Waals surface area contributed by atoms with Gasteiger partial charge in [0, 0.05) is 20.7 Å². The molecule has 0 aliphatic heterocycles. The number of aliphatic hydroxyl groups excluding tert-OH is 1. The van der Waals surface area contributed by atoms with Gasteiger partial charge >= 0.3 is 0 Å². The summed E-state index contributed by atoms with van der Waals surface area (Å²) in [6, 6.07) is 1.53. The van der Waals surface area contributed by atoms with Gasteiger partial charge in [0.15, 0.2) is 0 Å². The number of aryl methyl sites for hydroxylation is 1. The second-order valence-electron chi connectivity index (χ2n) is 3.92. The summed E-state index contributed by atoms with van der Waals surface area (Å²) in [7, 11) is -0.744. The smallest absolute Gasteiger partial charge is 0.252 e. The highest BCUT2D eigenvalue weighted by Crippen LogP contribution is 2.31. The summed E-state index contributed by atoms with van der Waals surface area (Å²) in [5, 5.41) is 9.54. The quantitative estimate of drug-likeness (QED) is 0.860. The molecule has 0 saturated carbocycles. The van der Waals surface area contributed by atoms with Crippen LogP contribution in [0.25, 0.3) is 0 Å². The Kier molecular flexibility index (Phi) is 5.57. The van der Waals surface area contributed by atoms with Crippen LogP contribution >= 0.6 is 22.9 Å². The number of halogens is 1. The van der Waals surface area contributed by atoms with Crippen molar-refractivity contribution in [3.05, 3.63) is 16.0 Å². The fourth-order valence-electron chi connectivity index (χ4n) is 1.35. The molecule has 0 radical (unpaired) electrons.